The Morgan fingerprint density at radius 3 is 2.88 bits per heavy atom. The minimum Gasteiger partial charge on any atom is -0.370 e. The van der Waals surface area contributed by atoms with Crippen molar-refractivity contribution in [3.63, 3.8) is 0 Å². The number of hydrogen-bond donors (Lipinski definition) is 0. The van der Waals surface area contributed by atoms with Crippen LogP contribution in [0.2, 0.25) is 0 Å². The molecule has 1 aromatic rings. The zero-order valence-electron chi connectivity index (χ0n) is 10.7. The second-order valence-electron chi connectivity index (χ2n) is 5.70. The second kappa shape index (κ2) is 4.45. The van der Waals surface area contributed by atoms with Gasteiger partial charge in [0.15, 0.2) is 0 Å². The third-order valence-electron chi connectivity index (χ3n) is 4.27. The van der Waals surface area contributed by atoms with E-state index in [-0.39, 0.29) is 5.60 Å². The van der Waals surface area contributed by atoms with Crippen LogP contribution in [0.15, 0.2) is 12.3 Å². The molecule has 1 aromatic heterocycles. The summed E-state index contributed by atoms with van der Waals surface area (Å²) < 4.78 is 8.37. The van der Waals surface area contributed by atoms with Gasteiger partial charge < -0.3 is 4.74 Å². The summed E-state index contributed by atoms with van der Waals surface area (Å²) in [6.07, 6.45) is 11.6. The molecule has 94 valence electrons. The van der Waals surface area contributed by atoms with Crippen molar-refractivity contribution >= 4 is 0 Å². The number of aryl methyl sites for hydroxylation is 1. The molecule has 0 radical (unpaired) electrons. The largest absolute Gasteiger partial charge is 0.370 e. The fourth-order valence-electron chi connectivity index (χ4n) is 3.36. The maximum absolute atomic E-state index is 6.34. The van der Waals surface area contributed by atoms with Gasteiger partial charge in [0.25, 0.3) is 0 Å². The minimum atomic E-state index is 0.241. The average molecular weight is 234 g/mol. The zero-order chi connectivity index (χ0) is 11.7. The predicted molar refractivity (Wildman–Crippen MR) is 66.9 cm³/mol. The van der Waals surface area contributed by atoms with E-state index >= 15 is 0 Å². The number of hydrogen-bond acceptors (Lipinski definition) is 2. The van der Waals surface area contributed by atoms with E-state index in [9.17, 15) is 0 Å². The van der Waals surface area contributed by atoms with Crippen molar-refractivity contribution in [3.05, 3.63) is 18.0 Å². The fourth-order valence-corrected chi connectivity index (χ4v) is 3.36. The van der Waals surface area contributed by atoms with Crippen LogP contribution in [-0.2, 0) is 11.3 Å². The molecule has 1 saturated heterocycles. The third kappa shape index (κ3) is 2.39. The lowest BCUT2D eigenvalue weighted by Gasteiger charge is -2.33. The second-order valence-corrected chi connectivity index (χ2v) is 5.70. The fraction of sp³-hybridized carbons (Fsp3) is 0.786. The molecular formula is C14H22N2O. The van der Waals surface area contributed by atoms with E-state index in [1.165, 1.54) is 44.9 Å². The van der Waals surface area contributed by atoms with Crippen molar-refractivity contribution < 1.29 is 4.74 Å². The van der Waals surface area contributed by atoms with Gasteiger partial charge in [0.2, 0.25) is 0 Å². The number of nitrogens with zero attached hydrogens (tertiary/aromatic N) is 2. The van der Waals surface area contributed by atoms with E-state index in [0.717, 1.165) is 12.2 Å². The van der Waals surface area contributed by atoms with Crippen LogP contribution in [0.5, 0.6) is 0 Å². The summed E-state index contributed by atoms with van der Waals surface area (Å²) in [6, 6.07) is 2.06. The molecule has 0 bridgehead atoms. The summed E-state index contributed by atoms with van der Waals surface area (Å²) >= 11 is 0. The molecule has 0 amide bonds. The molecule has 1 unspecified atom stereocenters. The quantitative estimate of drug-likeness (QED) is 0.786. The van der Waals surface area contributed by atoms with Crippen LogP contribution in [0.25, 0.3) is 0 Å². The molecule has 1 aliphatic carbocycles. The Balaban J connectivity index is 1.60. The van der Waals surface area contributed by atoms with Gasteiger partial charge in [-0.25, -0.2) is 0 Å². The van der Waals surface area contributed by atoms with Gasteiger partial charge in [0, 0.05) is 6.20 Å². The SMILES string of the molecule is Cc1ccn(CC2CCC3(CCCCC3)O2)n1. The molecule has 3 heteroatoms. The molecular weight excluding hydrogens is 212 g/mol. The summed E-state index contributed by atoms with van der Waals surface area (Å²) in [4.78, 5) is 0. The minimum absolute atomic E-state index is 0.241. The van der Waals surface area contributed by atoms with Crippen molar-refractivity contribution in [2.24, 2.45) is 0 Å². The number of rotatable bonds is 2. The third-order valence-corrected chi connectivity index (χ3v) is 4.27. The molecule has 1 saturated carbocycles. The van der Waals surface area contributed by atoms with E-state index in [1.807, 2.05) is 11.6 Å². The first-order chi connectivity index (χ1) is 8.26. The van der Waals surface area contributed by atoms with Gasteiger partial charge in [-0.05, 0) is 38.7 Å². The lowest BCUT2D eigenvalue weighted by molar-refractivity contribution is -0.0688. The van der Waals surface area contributed by atoms with Gasteiger partial charge in [-0.3, -0.25) is 4.68 Å². The molecule has 3 nitrogen and oxygen atoms in total. The molecule has 2 heterocycles. The van der Waals surface area contributed by atoms with Crippen LogP contribution in [0.3, 0.4) is 0 Å². The van der Waals surface area contributed by atoms with E-state index < -0.39 is 0 Å². The van der Waals surface area contributed by atoms with Gasteiger partial charge in [-0.2, -0.15) is 5.10 Å². The van der Waals surface area contributed by atoms with Crippen LogP contribution < -0.4 is 0 Å². The molecule has 3 rings (SSSR count). The van der Waals surface area contributed by atoms with Crippen LogP contribution in [0.1, 0.15) is 50.6 Å². The molecule has 2 fully saturated rings. The van der Waals surface area contributed by atoms with Gasteiger partial charge >= 0.3 is 0 Å². The smallest absolute Gasteiger partial charge is 0.0779 e. The topological polar surface area (TPSA) is 27.1 Å². The van der Waals surface area contributed by atoms with Gasteiger partial charge in [-0.1, -0.05) is 19.3 Å². The maximum atomic E-state index is 6.34. The molecule has 0 aromatic carbocycles. The van der Waals surface area contributed by atoms with Crippen LogP contribution in [-0.4, -0.2) is 21.5 Å². The standard InChI is InChI=1S/C14H22N2O/c1-12-6-10-16(15-12)11-13-5-9-14(17-13)7-3-2-4-8-14/h6,10,13H,2-5,7-9,11H2,1H3. The highest BCUT2D eigenvalue weighted by molar-refractivity contribution is 4.96. The van der Waals surface area contributed by atoms with Crippen molar-refractivity contribution in [2.45, 2.75) is 70.1 Å². The van der Waals surface area contributed by atoms with Crippen LogP contribution in [0.4, 0.5) is 0 Å². The van der Waals surface area contributed by atoms with Gasteiger partial charge in [0.05, 0.1) is 23.9 Å². The first-order valence-corrected chi connectivity index (χ1v) is 6.94. The molecule has 0 N–H and O–H groups in total. The summed E-state index contributed by atoms with van der Waals surface area (Å²) in [5.41, 5.74) is 1.33. The van der Waals surface area contributed by atoms with Crippen molar-refractivity contribution in [1.82, 2.24) is 9.78 Å². The summed E-state index contributed by atoms with van der Waals surface area (Å²) in [7, 11) is 0. The van der Waals surface area contributed by atoms with Crippen LogP contribution in [0, 0.1) is 6.92 Å². The highest BCUT2D eigenvalue weighted by atomic mass is 16.5. The normalized spacial score (nSPS) is 27.7. The van der Waals surface area contributed by atoms with E-state index in [1.54, 1.807) is 0 Å². The zero-order valence-corrected chi connectivity index (χ0v) is 10.7. The lowest BCUT2D eigenvalue weighted by atomic mass is 9.83. The van der Waals surface area contributed by atoms with Crippen molar-refractivity contribution in [1.29, 1.82) is 0 Å². The number of ether oxygens (including phenoxy) is 1. The van der Waals surface area contributed by atoms with Crippen molar-refractivity contribution in [3.8, 4) is 0 Å². The Hall–Kier alpha value is -0.830. The Morgan fingerprint density at radius 1 is 1.35 bits per heavy atom. The van der Waals surface area contributed by atoms with Gasteiger partial charge in [-0.15, -0.1) is 0 Å². The monoisotopic (exact) mass is 234 g/mol. The van der Waals surface area contributed by atoms with Crippen molar-refractivity contribution in [2.75, 3.05) is 0 Å². The average Bonchev–Trinajstić information content (AvgIpc) is 2.89. The van der Waals surface area contributed by atoms with E-state index in [0.29, 0.717) is 6.10 Å². The van der Waals surface area contributed by atoms with Crippen LogP contribution >= 0.6 is 0 Å². The summed E-state index contributed by atoms with van der Waals surface area (Å²) in [5, 5.41) is 4.44. The van der Waals surface area contributed by atoms with E-state index in [4.69, 9.17) is 4.74 Å². The molecule has 17 heavy (non-hydrogen) atoms. The molecule has 2 aliphatic rings. The Bertz CT molecular complexity index is 379. The van der Waals surface area contributed by atoms with Gasteiger partial charge in [0.1, 0.15) is 0 Å². The van der Waals surface area contributed by atoms with E-state index in [2.05, 4.69) is 17.4 Å². The molecule has 1 aliphatic heterocycles. The molecule has 1 spiro atoms. The number of aromatic nitrogens is 2. The highest BCUT2D eigenvalue weighted by Crippen LogP contribution is 2.42. The first-order valence-electron chi connectivity index (χ1n) is 6.94. The Labute approximate surface area is 103 Å². The summed E-state index contributed by atoms with van der Waals surface area (Å²) in [6.45, 7) is 2.96. The summed E-state index contributed by atoms with van der Waals surface area (Å²) in [5.74, 6) is 0. The Morgan fingerprint density at radius 2 is 2.18 bits per heavy atom. The lowest BCUT2D eigenvalue weighted by Crippen LogP contribution is -2.32. The maximum Gasteiger partial charge on any atom is 0.0779 e. The predicted octanol–water partition coefficient (Wildman–Crippen LogP) is 3.07. The Kier molecular flexibility index (Phi) is 2.95. The molecule has 1 atom stereocenters. The highest BCUT2D eigenvalue weighted by Gasteiger charge is 2.40. The first kappa shape index (κ1) is 11.3.